The summed E-state index contributed by atoms with van der Waals surface area (Å²) in [5.41, 5.74) is 0.444. The van der Waals surface area contributed by atoms with Crippen molar-refractivity contribution in [2.75, 3.05) is 6.54 Å². The number of sulfone groups is 1. The van der Waals surface area contributed by atoms with Crippen molar-refractivity contribution in [3.05, 3.63) is 60.4 Å². The number of hydrogen-bond donors (Lipinski definition) is 2. The average molecular weight is 373 g/mol. The zero-order chi connectivity index (χ0) is 18.6. The lowest BCUT2D eigenvalue weighted by Gasteiger charge is -2.18. The molecule has 2 amide bonds. The lowest BCUT2D eigenvalue weighted by molar-refractivity contribution is -0.139. The number of hydrogen-bond acceptors (Lipinski definition) is 5. The molecule has 0 radical (unpaired) electrons. The maximum Gasteiger partial charge on any atom is 0.309 e. The second-order valence-electron chi connectivity index (χ2n) is 6.09. The van der Waals surface area contributed by atoms with Gasteiger partial charge in [-0.1, -0.05) is 24.3 Å². The van der Waals surface area contributed by atoms with Gasteiger partial charge in [0.25, 0.3) is 0 Å². The molecular weight excluding hydrogens is 354 g/mol. The Balaban J connectivity index is 1.80. The molecule has 0 saturated heterocycles. The number of rotatable bonds is 6. The van der Waals surface area contributed by atoms with Gasteiger partial charge in [-0.2, -0.15) is 0 Å². The van der Waals surface area contributed by atoms with E-state index in [1.807, 2.05) is 0 Å². The van der Waals surface area contributed by atoms with Crippen LogP contribution in [0.2, 0.25) is 0 Å². The van der Waals surface area contributed by atoms with Crippen LogP contribution in [0.1, 0.15) is 23.7 Å². The van der Waals surface area contributed by atoms with Crippen LogP contribution in [0.3, 0.4) is 0 Å². The van der Waals surface area contributed by atoms with E-state index in [4.69, 9.17) is 0 Å². The molecule has 1 fully saturated rings. The predicted molar refractivity (Wildman–Crippen MR) is 94.8 cm³/mol. The number of carbonyl (C=O) groups excluding carboxylic acids is 2. The molecule has 3 rings (SSSR count). The van der Waals surface area contributed by atoms with Gasteiger partial charge in [-0.05, 0) is 36.6 Å². The molecule has 26 heavy (non-hydrogen) atoms. The fourth-order valence-corrected chi connectivity index (χ4v) is 4.16. The van der Waals surface area contributed by atoms with Crippen molar-refractivity contribution < 1.29 is 18.0 Å². The van der Waals surface area contributed by atoms with E-state index < -0.39 is 26.9 Å². The van der Waals surface area contributed by atoms with E-state index >= 15 is 0 Å². The van der Waals surface area contributed by atoms with Crippen LogP contribution in [0, 0.1) is 0 Å². The highest BCUT2D eigenvalue weighted by molar-refractivity contribution is 7.91. The molecule has 0 spiro atoms. The minimum atomic E-state index is -3.77. The molecule has 1 heterocycles. The summed E-state index contributed by atoms with van der Waals surface area (Å²) in [6, 6.07) is 11.3. The van der Waals surface area contributed by atoms with Crippen LogP contribution in [0.15, 0.2) is 59.8 Å². The number of aromatic nitrogens is 1. The van der Waals surface area contributed by atoms with E-state index in [9.17, 15) is 18.0 Å². The molecule has 1 aliphatic rings. The normalized spacial score (nSPS) is 15.1. The first-order chi connectivity index (χ1) is 12.5. The van der Waals surface area contributed by atoms with Gasteiger partial charge in [0.2, 0.25) is 0 Å². The first-order valence-electron chi connectivity index (χ1n) is 8.26. The molecule has 1 atom stereocenters. The van der Waals surface area contributed by atoms with Gasteiger partial charge < -0.3 is 10.6 Å². The van der Waals surface area contributed by atoms with Crippen LogP contribution in [-0.4, -0.2) is 37.8 Å². The third-order valence-corrected chi connectivity index (χ3v) is 6.19. The summed E-state index contributed by atoms with van der Waals surface area (Å²) >= 11 is 0. The van der Waals surface area contributed by atoms with Crippen LogP contribution in [-0.2, 0) is 19.4 Å². The second-order valence-corrected chi connectivity index (χ2v) is 8.22. The summed E-state index contributed by atoms with van der Waals surface area (Å²) in [7, 11) is -3.77. The predicted octanol–water partition coefficient (Wildman–Crippen LogP) is 0.991. The molecule has 0 aliphatic heterocycles. The summed E-state index contributed by atoms with van der Waals surface area (Å²) in [6.07, 6.45) is 4.71. The summed E-state index contributed by atoms with van der Waals surface area (Å²) in [5, 5.41) is 3.96. The monoisotopic (exact) mass is 373 g/mol. The molecule has 1 aliphatic carbocycles. The van der Waals surface area contributed by atoms with Crippen molar-refractivity contribution in [2.24, 2.45) is 0 Å². The number of nitrogens with zero attached hydrogens (tertiary/aromatic N) is 1. The van der Waals surface area contributed by atoms with Gasteiger partial charge in [-0.25, -0.2) is 8.42 Å². The van der Waals surface area contributed by atoms with Crippen LogP contribution in [0.4, 0.5) is 0 Å². The summed E-state index contributed by atoms with van der Waals surface area (Å²) in [4.78, 5) is 27.9. The second kappa shape index (κ2) is 7.65. The third-order valence-electron chi connectivity index (χ3n) is 4.07. The van der Waals surface area contributed by atoms with Crippen molar-refractivity contribution in [3.8, 4) is 0 Å². The van der Waals surface area contributed by atoms with E-state index in [1.165, 1.54) is 24.5 Å². The van der Waals surface area contributed by atoms with E-state index in [0.717, 1.165) is 12.8 Å². The molecule has 1 aromatic heterocycles. The van der Waals surface area contributed by atoms with Gasteiger partial charge in [0.1, 0.15) is 5.25 Å². The largest absolute Gasteiger partial charge is 0.346 e. The average Bonchev–Trinajstić information content (AvgIpc) is 3.47. The number of pyridine rings is 1. The van der Waals surface area contributed by atoms with E-state index in [2.05, 4.69) is 15.6 Å². The lowest BCUT2D eigenvalue weighted by Crippen LogP contribution is -2.43. The summed E-state index contributed by atoms with van der Waals surface area (Å²) in [6.45, 7) is -0.222. The van der Waals surface area contributed by atoms with Crippen molar-refractivity contribution in [1.29, 1.82) is 0 Å². The number of nitrogens with one attached hydrogen (secondary N) is 2. The maximum absolute atomic E-state index is 13.0. The van der Waals surface area contributed by atoms with Gasteiger partial charge >= 0.3 is 11.8 Å². The van der Waals surface area contributed by atoms with Crippen LogP contribution < -0.4 is 10.6 Å². The minimum absolute atomic E-state index is 0.0513. The molecule has 8 heteroatoms. The molecule has 7 nitrogen and oxygen atoms in total. The van der Waals surface area contributed by atoms with Gasteiger partial charge in [0.05, 0.1) is 4.90 Å². The zero-order valence-corrected chi connectivity index (χ0v) is 14.8. The summed E-state index contributed by atoms with van der Waals surface area (Å²) in [5.74, 6) is -1.58. The Hall–Kier alpha value is -2.74. The van der Waals surface area contributed by atoms with E-state index in [0.29, 0.717) is 5.56 Å². The minimum Gasteiger partial charge on any atom is -0.346 e. The highest BCUT2D eigenvalue weighted by Crippen LogP contribution is 2.28. The fraction of sp³-hybridized carbons (Fsp3) is 0.278. The van der Waals surface area contributed by atoms with Crippen molar-refractivity contribution in [1.82, 2.24) is 15.6 Å². The standard InChI is InChI=1S/C18H19N3O4S/c22-17(18(23)21-14-8-9-14)20-12-16(13-5-4-10-19-11-13)26(24,25)15-6-2-1-3-7-15/h1-7,10-11,14,16H,8-9,12H2,(H,20,22)(H,21,23)/t16-/m1/s1. The lowest BCUT2D eigenvalue weighted by atomic mass is 10.2. The Kier molecular flexibility index (Phi) is 5.32. The molecule has 1 saturated carbocycles. The Morgan fingerprint density at radius 2 is 1.81 bits per heavy atom. The van der Waals surface area contributed by atoms with Crippen LogP contribution >= 0.6 is 0 Å². The first-order valence-corrected chi connectivity index (χ1v) is 9.80. The van der Waals surface area contributed by atoms with Crippen LogP contribution in [0.25, 0.3) is 0 Å². The van der Waals surface area contributed by atoms with Gasteiger partial charge in [0, 0.05) is 25.0 Å². The molecule has 2 N–H and O–H groups in total. The molecule has 0 bridgehead atoms. The van der Waals surface area contributed by atoms with Gasteiger partial charge in [0.15, 0.2) is 9.84 Å². The number of benzene rings is 1. The van der Waals surface area contributed by atoms with E-state index in [1.54, 1.807) is 30.3 Å². The van der Waals surface area contributed by atoms with Crippen molar-refractivity contribution in [2.45, 2.75) is 29.0 Å². The van der Waals surface area contributed by atoms with Crippen LogP contribution in [0.5, 0.6) is 0 Å². The Morgan fingerprint density at radius 3 is 2.42 bits per heavy atom. The first kappa shape index (κ1) is 18.1. The molecular formula is C18H19N3O4S. The van der Waals surface area contributed by atoms with Crippen molar-refractivity contribution in [3.63, 3.8) is 0 Å². The Morgan fingerprint density at radius 1 is 1.08 bits per heavy atom. The molecule has 1 aromatic carbocycles. The quantitative estimate of drug-likeness (QED) is 0.735. The number of amides is 2. The molecule has 0 unspecified atom stereocenters. The Labute approximate surface area is 151 Å². The highest BCUT2D eigenvalue weighted by atomic mass is 32.2. The zero-order valence-electron chi connectivity index (χ0n) is 14.0. The van der Waals surface area contributed by atoms with Gasteiger partial charge in [-0.15, -0.1) is 0 Å². The molecule has 2 aromatic rings. The number of carbonyl (C=O) groups is 2. The SMILES string of the molecule is O=C(NC[C@H](c1cccnc1)S(=O)(=O)c1ccccc1)C(=O)NC1CC1. The maximum atomic E-state index is 13.0. The topological polar surface area (TPSA) is 105 Å². The molecule has 136 valence electrons. The third kappa shape index (κ3) is 4.26. The van der Waals surface area contributed by atoms with Crippen molar-refractivity contribution >= 4 is 21.7 Å². The Bertz CT molecular complexity index is 881. The van der Waals surface area contributed by atoms with Gasteiger partial charge in [-0.3, -0.25) is 14.6 Å². The van der Waals surface area contributed by atoms with E-state index in [-0.39, 0.29) is 17.5 Å². The summed E-state index contributed by atoms with van der Waals surface area (Å²) < 4.78 is 26.0. The smallest absolute Gasteiger partial charge is 0.309 e. The fourth-order valence-electron chi connectivity index (χ4n) is 2.49. The highest BCUT2D eigenvalue weighted by Gasteiger charge is 2.31.